The van der Waals surface area contributed by atoms with E-state index in [1.165, 1.54) is 0 Å². The summed E-state index contributed by atoms with van der Waals surface area (Å²) in [7, 11) is 0. The number of carbonyl (C=O) groups is 1. The maximum Gasteiger partial charge on any atom is 0.381 e. The summed E-state index contributed by atoms with van der Waals surface area (Å²) in [5, 5.41) is 8.17. The van der Waals surface area contributed by atoms with Crippen molar-refractivity contribution in [1.82, 2.24) is 0 Å². The first-order valence-electron chi connectivity index (χ1n) is 4.55. The number of halogens is 1. The van der Waals surface area contributed by atoms with Crippen LogP contribution in [0.2, 0.25) is 0 Å². The van der Waals surface area contributed by atoms with Crippen LogP contribution >= 0.6 is 0 Å². The van der Waals surface area contributed by atoms with Gasteiger partial charge in [0.25, 0.3) is 0 Å². The first kappa shape index (κ1) is 12.0. The normalized spacial score (nSPS) is 9.00. The van der Waals surface area contributed by atoms with Crippen molar-refractivity contribution in [3.05, 3.63) is 0 Å². The first-order chi connectivity index (χ1) is 6.27. The fourth-order valence-electron chi connectivity index (χ4n) is 0.976. The topological polar surface area (TPSA) is 37.3 Å². The molecule has 0 aliphatic rings. The van der Waals surface area contributed by atoms with Crippen LogP contribution in [0, 0.1) is 11.8 Å². The summed E-state index contributed by atoms with van der Waals surface area (Å²) in [6.45, 7) is -0.237. The van der Waals surface area contributed by atoms with Gasteiger partial charge in [-0.2, -0.15) is 0 Å². The molecule has 0 fully saturated rings. The lowest BCUT2D eigenvalue weighted by molar-refractivity contribution is -0.130. The zero-order valence-corrected chi connectivity index (χ0v) is 7.68. The molecular formula is C10H15FO2. The van der Waals surface area contributed by atoms with E-state index in [2.05, 4.69) is 11.8 Å². The van der Waals surface area contributed by atoms with Crippen LogP contribution in [-0.2, 0) is 4.79 Å². The smallest absolute Gasteiger partial charge is 0.381 e. The molecule has 0 aliphatic carbocycles. The van der Waals surface area contributed by atoms with Crippen molar-refractivity contribution in [2.75, 3.05) is 6.67 Å². The molecule has 0 aliphatic heterocycles. The molecule has 2 nitrogen and oxygen atoms in total. The van der Waals surface area contributed by atoms with Crippen molar-refractivity contribution in [2.24, 2.45) is 0 Å². The molecule has 0 bridgehead atoms. The second-order valence-electron chi connectivity index (χ2n) is 2.81. The molecule has 0 spiro atoms. The Morgan fingerprint density at radius 3 is 2.38 bits per heavy atom. The van der Waals surface area contributed by atoms with Crippen LogP contribution in [0.3, 0.4) is 0 Å². The number of hydrogen-bond acceptors (Lipinski definition) is 1. The molecule has 74 valence electrons. The molecule has 0 atom stereocenters. The number of alkyl halides is 1. The fraction of sp³-hybridized carbons (Fsp3) is 0.700. The number of aliphatic carboxylic acids is 1. The molecule has 0 aromatic heterocycles. The van der Waals surface area contributed by atoms with Gasteiger partial charge in [0.1, 0.15) is 0 Å². The predicted molar refractivity (Wildman–Crippen MR) is 49.1 cm³/mol. The average molecular weight is 186 g/mol. The highest BCUT2D eigenvalue weighted by Crippen LogP contribution is 2.04. The van der Waals surface area contributed by atoms with Gasteiger partial charge in [0.15, 0.2) is 0 Å². The summed E-state index contributed by atoms with van der Waals surface area (Å²) in [5.74, 6) is 3.53. The van der Waals surface area contributed by atoms with E-state index < -0.39 is 5.97 Å². The number of unbranched alkanes of at least 4 members (excludes halogenated alkanes) is 5. The van der Waals surface area contributed by atoms with Crippen LogP contribution < -0.4 is 0 Å². The Kier molecular flexibility index (Phi) is 8.33. The Hall–Kier alpha value is -1.04. The fourth-order valence-corrected chi connectivity index (χ4v) is 0.976. The van der Waals surface area contributed by atoms with Crippen LogP contribution in [-0.4, -0.2) is 17.8 Å². The van der Waals surface area contributed by atoms with Crippen molar-refractivity contribution in [1.29, 1.82) is 0 Å². The van der Waals surface area contributed by atoms with E-state index >= 15 is 0 Å². The van der Waals surface area contributed by atoms with Gasteiger partial charge < -0.3 is 5.11 Å². The second-order valence-corrected chi connectivity index (χ2v) is 2.81. The third-order valence-electron chi connectivity index (χ3n) is 1.63. The third-order valence-corrected chi connectivity index (χ3v) is 1.63. The lowest BCUT2D eigenvalue weighted by Crippen LogP contribution is -1.86. The van der Waals surface area contributed by atoms with Gasteiger partial charge in [-0.1, -0.05) is 25.2 Å². The molecule has 3 heteroatoms. The highest BCUT2D eigenvalue weighted by Gasteiger charge is 1.89. The zero-order valence-electron chi connectivity index (χ0n) is 7.68. The van der Waals surface area contributed by atoms with Crippen LogP contribution in [0.25, 0.3) is 0 Å². The van der Waals surface area contributed by atoms with E-state index in [0.717, 1.165) is 25.7 Å². The van der Waals surface area contributed by atoms with Gasteiger partial charge >= 0.3 is 5.97 Å². The summed E-state index contributed by atoms with van der Waals surface area (Å²) in [5.41, 5.74) is 0. The Balaban J connectivity index is 3.09. The minimum Gasteiger partial charge on any atom is -0.472 e. The number of carboxylic acid groups (broad SMARTS) is 1. The maximum atomic E-state index is 11.6. The van der Waals surface area contributed by atoms with Gasteiger partial charge in [0.2, 0.25) is 0 Å². The summed E-state index contributed by atoms with van der Waals surface area (Å²) in [6, 6.07) is 0. The highest BCUT2D eigenvalue weighted by atomic mass is 19.1. The van der Waals surface area contributed by atoms with E-state index in [4.69, 9.17) is 5.11 Å². The van der Waals surface area contributed by atoms with Gasteiger partial charge in [-0.3, -0.25) is 4.39 Å². The quantitative estimate of drug-likeness (QED) is 0.510. The van der Waals surface area contributed by atoms with E-state index in [1.54, 1.807) is 0 Å². The number of carboxylic acids is 1. The van der Waals surface area contributed by atoms with E-state index in [0.29, 0.717) is 12.8 Å². The molecule has 0 radical (unpaired) electrons. The maximum absolute atomic E-state index is 11.6. The predicted octanol–water partition coefficient (Wildman–Crippen LogP) is 2.38. The minimum absolute atomic E-state index is 0.237. The lowest BCUT2D eigenvalue weighted by Gasteiger charge is -1.95. The van der Waals surface area contributed by atoms with Gasteiger partial charge in [-0.05, 0) is 12.8 Å². The van der Waals surface area contributed by atoms with Crippen LogP contribution in [0.4, 0.5) is 4.39 Å². The molecule has 0 saturated carbocycles. The molecule has 0 heterocycles. The van der Waals surface area contributed by atoms with Crippen molar-refractivity contribution in [3.8, 4) is 11.8 Å². The Labute approximate surface area is 78.1 Å². The summed E-state index contributed by atoms with van der Waals surface area (Å²) < 4.78 is 11.6. The highest BCUT2D eigenvalue weighted by molar-refractivity contribution is 5.86. The molecule has 0 amide bonds. The van der Waals surface area contributed by atoms with E-state index in [9.17, 15) is 9.18 Å². The largest absolute Gasteiger partial charge is 0.472 e. The standard InChI is InChI=1S/C10H15FO2/c11-9-7-5-3-1-2-4-6-8-10(12)13/h1-5,7,9H2,(H,12,13). The Morgan fingerprint density at radius 2 is 1.77 bits per heavy atom. The zero-order chi connectivity index (χ0) is 9.94. The van der Waals surface area contributed by atoms with Gasteiger partial charge in [0, 0.05) is 12.3 Å². The molecule has 0 aromatic rings. The number of hydrogen-bond donors (Lipinski definition) is 1. The Bertz CT molecular complexity index is 191. The molecule has 13 heavy (non-hydrogen) atoms. The molecule has 0 unspecified atom stereocenters. The van der Waals surface area contributed by atoms with E-state index in [-0.39, 0.29) is 6.67 Å². The average Bonchev–Trinajstić information content (AvgIpc) is 2.09. The van der Waals surface area contributed by atoms with Crippen LogP contribution in [0.5, 0.6) is 0 Å². The van der Waals surface area contributed by atoms with Gasteiger partial charge in [0.05, 0.1) is 6.67 Å². The summed E-state index contributed by atoms with van der Waals surface area (Å²) in [6.07, 6.45) is 5.12. The van der Waals surface area contributed by atoms with Crippen LogP contribution in [0.15, 0.2) is 0 Å². The minimum atomic E-state index is -1.07. The van der Waals surface area contributed by atoms with Crippen LogP contribution in [0.1, 0.15) is 38.5 Å². The second kappa shape index (κ2) is 9.05. The third kappa shape index (κ3) is 11.0. The molecule has 0 saturated heterocycles. The monoisotopic (exact) mass is 186 g/mol. The van der Waals surface area contributed by atoms with E-state index in [1.807, 2.05) is 0 Å². The lowest BCUT2D eigenvalue weighted by atomic mass is 10.1. The molecular weight excluding hydrogens is 171 g/mol. The summed E-state index contributed by atoms with van der Waals surface area (Å²) >= 11 is 0. The molecule has 0 aromatic carbocycles. The first-order valence-corrected chi connectivity index (χ1v) is 4.55. The van der Waals surface area contributed by atoms with Gasteiger partial charge in [-0.15, -0.1) is 0 Å². The van der Waals surface area contributed by atoms with Crippen molar-refractivity contribution in [2.45, 2.75) is 38.5 Å². The van der Waals surface area contributed by atoms with Crippen molar-refractivity contribution >= 4 is 5.97 Å². The number of rotatable bonds is 6. The summed E-state index contributed by atoms with van der Waals surface area (Å²) in [4.78, 5) is 9.96. The van der Waals surface area contributed by atoms with Gasteiger partial charge in [-0.25, -0.2) is 4.79 Å². The Morgan fingerprint density at radius 1 is 1.15 bits per heavy atom. The molecule has 1 N–H and O–H groups in total. The SMILES string of the molecule is O=C(O)C#CCCCCCCCF. The van der Waals surface area contributed by atoms with Crippen molar-refractivity contribution in [3.63, 3.8) is 0 Å². The van der Waals surface area contributed by atoms with Crippen molar-refractivity contribution < 1.29 is 14.3 Å². The molecule has 0 rings (SSSR count).